The predicted molar refractivity (Wildman–Crippen MR) is 62.3 cm³/mol. The molecule has 0 aliphatic carbocycles. The molecular weight excluding hydrogens is 204 g/mol. The van der Waals surface area contributed by atoms with Crippen LogP contribution in [0.4, 0.5) is 0 Å². The summed E-state index contributed by atoms with van der Waals surface area (Å²) in [6.07, 6.45) is -0.491. The first kappa shape index (κ1) is 12.7. The number of carbonyl (C=O) groups is 1. The maximum absolute atomic E-state index is 10.8. The van der Waals surface area contributed by atoms with Crippen molar-refractivity contribution in [1.29, 1.82) is 0 Å². The van der Waals surface area contributed by atoms with Crippen LogP contribution < -0.4 is 0 Å². The maximum atomic E-state index is 10.8. The highest BCUT2D eigenvalue weighted by atomic mass is 16.4. The van der Waals surface area contributed by atoms with Gasteiger partial charge in [-0.1, -0.05) is 38.1 Å². The van der Waals surface area contributed by atoms with Crippen molar-refractivity contribution >= 4 is 5.97 Å². The molecule has 0 saturated carbocycles. The lowest BCUT2D eigenvalue weighted by atomic mass is 9.95. The zero-order valence-corrected chi connectivity index (χ0v) is 9.84. The van der Waals surface area contributed by atoms with Crippen LogP contribution in [-0.2, 0) is 4.79 Å². The molecule has 16 heavy (non-hydrogen) atoms. The van der Waals surface area contributed by atoms with E-state index in [1.165, 1.54) is 0 Å². The van der Waals surface area contributed by atoms with E-state index in [0.717, 1.165) is 11.1 Å². The average molecular weight is 222 g/mol. The third kappa shape index (κ3) is 2.83. The zero-order chi connectivity index (χ0) is 12.3. The van der Waals surface area contributed by atoms with Crippen LogP contribution in [0.15, 0.2) is 24.3 Å². The SMILES string of the molecule is CC(C)[C@@H](O)c1ccc([C@H](C)C(=O)O)cc1. The van der Waals surface area contributed by atoms with Crippen molar-refractivity contribution < 1.29 is 15.0 Å². The molecule has 3 nitrogen and oxygen atoms in total. The Hall–Kier alpha value is -1.35. The Bertz CT molecular complexity index is 354. The van der Waals surface area contributed by atoms with E-state index in [1.807, 2.05) is 13.8 Å². The van der Waals surface area contributed by atoms with Crippen molar-refractivity contribution in [3.63, 3.8) is 0 Å². The average Bonchev–Trinajstić information content (AvgIpc) is 2.27. The highest BCUT2D eigenvalue weighted by Gasteiger charge is 2.15. The quantitative estimate of drug-likeness (QED) is 0.823. The second kappa shape index (κ2) is 5.12. The Morgan fingerprint density at radius 3 is 1.88 bits per heavy atom. The monoisotopic (exact) mass is 222 g/mol. The van der Waals surface area contributed by atoms with Crippen LogP contribution in [0.3, 0.4) is 0 Å². The Morgan fingerprint density at radius 1 is 1.06 bits per heavy atom. The second-order valence-corrected chi connectivity index (χ2v) is 4.42. The van der Waals surface area contributed by atoms with Crippen LogP contribution in [0, 0.1) is 5.92 Å². The third-order valence-corrected chi connectivity index (χ3v) is 2.78. The third-order valence-electron chi connectivity index (χ3n) is 2.78. The van der Waals surface area contributed by atoms with Crippen molar-refractivity contribution in [2.75, 3.05) is 0 Å². The number of aliphatic hydroxyl groups excluding tert-OH is 1. The van der Waals surface area contributed by atoms with Gasteiger partial charge in [0.15, 0.2) is 0 Å². The fourth-order valence-corrected chi connectivity index (χ4v) is 1.51. The van der Waals surface area contributed by atoms with Crippen molar-refractivity contribution in [3.05, 3.63) is 35.4 Å². The molecule has 0 bridgehead atoms. The first-order chi connectivity index (χ1) is 7.43. The molecule has 0 aliphatic rings. The molecule has 0 amide bonds. The Kier molecular flexibility index (Phi) is 4.07. The predicted octanol–water partition coefficient (Wildman–Crippen LogP) is 2.56. The van der Waals surface area contributed by atoms with Crippen molar-refractivity contribution in [3.8, 4) is 0 Å². The minimum atomic E-state index is -0.836. The molecule has 1 rings (SSSR count). The molecule has 0 saturated heterocycles. The van der Waals surface area contributed by atoms with E-state index in [4.69, 9.17) is 5.11 Å². The fourth-order valence-electron chi connectivity index (χ4n) is 1.51. The van der Waals surface area contributed by atoms with E-state index in [0.29, 0.717) is 0 Å². The summed E-state index contributed by atoms with van der Waals surface area (Å²) >= 11 is 0. The number of aliphatic hydroxyl groups is 1. The Labute approximate surface area is 95.7 Å². The Morgan fingerprint density at radius 2 is 1.50 bits per heavy atom. The zero-order valence-electron chi connectivity index (χ0n) is 9.84. The van der Waals surface area contributed by atoms with Crippen LogP contribution in [0.1, 0.15) is 43.9 Å². The van der Waals surface area contributed by atoms with E-state index in [9.17, 15) is 9.90 Å². The topological polar surface area (TPSA) is 57.5 Å². The summed E-state index contributed by atoms with van der Waals surface area (Å²) in [6, 6.07) is 7.11. The van der Waals surface area contributed by atoms with Crippen molar-refractivity contribution in [2.45, 2.75) is 32.8 Å². The minimum absolute atomic E-state index is 0.155. The van der Waals surface area contributed by atoms with Gasteiger partial charge in [-0.15, -0.1) is 0 Å². The summed E-state index contributed by atoms with van der Waals surface area (Å²) in [7, 11) is 0. The Balaban J connectivity index is 2.87. The number of aliphatic carboxylic acids is 1. The number of hydrogen-bond donors (Lipinski definition) is 2. The van der Waals surface area contributed by atoms with Gasteiger partial charge in [-0.25, -0.2) is 0 Å². The maximum Gasteiger partial charge on any atom is 0.310 e. The van der Waals surface area contributed by atoms with Gasteiger partial charge in [0.2, 0.25) is 0 Å². The molecule has 0 aromatic heterocycles. The van der Waals surface area contributed by atoms with Gasteiger partial charge in [0.05, 0.1) is 12.0 Å². The number of carboxylic acid groups (broad SMARTS) is 1. The second-order valence-electron chi connectivity index (χ2n) is 4.42. The molecule has 2 atom stereocenters. The number of carboxylic acids is 1. The molecule has 0 heterocycles. The normalized spacial score (nSPS) is 14.8. The summed E-state index contributed by atoms with van der Waals surface area (Å²) < 4.78 is 0. The number of rotatable bonds is 4. The van der Waals surface area contributed by atoms with Crippen LogP contribution in [0.25, 0.3) is 0 Å². The summed E-state index contributed by atoms with van der Waals surface area (Å²) in [5.74, 6) is -1.19. The van der Waals surface area contributed by atoms with E-state index < -0.39 is 18.0 Å². The van der Waals surface area contributed by atoms with Crippen molar-refractivity contribution in [1.82, 2.24) is 0 Å². The summed E-state index contributed by atoms with van der Waals surface area (Å²) in [5, 5.41) is 18.7. The summed E-state index contributed by atoms with van der Waals surface area (Å²) in [5.41, 5.74) is 1.59. The first-order valence-electron chi connectivity index (χ1n) is 5.44. The van der Waals surface area contributed by atoms with Gasteiger partial charge in [-0.3, -0.25) is 4.79 Å². The molecule has 0 unspecified atom stereocenters. The van der Waals surface area contributed by atoms with Gasteiger partial charge in [0.25, 0.3) is 0 Å². The van der Waals surface area contributed by atoms with Gasteiger partial charge < -0.3 is 10.2 Å². The minimum Gasteiger partial charge on any atom is -0.481 e. The van der Waals surface area contributed by atoms with Crippen LogP contribution in [-0.4, -0.2) is 16.2 Å². The largest absolute Gasteiger partial charge is 0.481 e. The standard InChI is InChI=1S/C13H18O3/c1-8(2)12(14)11-6-4-10(5-7-11)9(3)13(15)16/h4-9,12,14H,1-3H3,(H,15,16)/t9-,12+/m0/s1. The molecular formula is C13H18O3. The first-order valence-corrected chi connectivity index (χ1v) is 5.44. The molecule has 2 N–H and O–H groups in total. The summed E-state index contributed by atoms with van der Waals surface area (Å²) in [4.78, 5) is 10.8. The van der Waals surface area contributed by atoms with E-state index in [-0.39, 0.29) is 5.92 Å². The highest BCUT2D eigenvalue weighted by molar-refractivity contribution is 5.75. The highest BCUT2D eigenvalue weighted by Crippen LogP contribution is 2.23. The molecule has 88 valence electrons. The van der Waals surface area contributed by atoms with Gasteiger partial charge >= 0.3 is 5.97 Å². The molecule has 0 radical (unpaired) electrons. The molecule has 1 aromatic rings. The van der Waals surface area contributed by atoms with E-state index in [2.05, 4.69) is 0 Å². The molecule has 0 aliphatic heterocycles. The van der Waals surface area contributed by atoms with E-state index >= 15 is 0 Å². The van der Waals surface area contributed by atoms with Gasteiger partial charge in [-0.2, -0.15) is 0 Å². The van der Waals surface area contributed by atoms with Crippen LogP contribution in [0.2, 0.25) is 0 Å². The van der Waals surface area contributed by atoms with E-state index in [1.54, 1.807) is 31.2 Å². The molecule has 3 heteroatoms. The number of benzene rings is 1. The lowest BCUT2D eigenvalue weighted by Crippen LogP contribution is -2.09. The summed E-state index contributed by atoms with van der Waals surface area (Å²) in [6.45, 7) is 5.53. The van der Waals surface area contributed by atoms with Gasteiger partial charge in [0.1, 0.15) is 0 Å². The molecule has 0 spiro atoms. The van der Waals surface area contributed by atoms with Crippen molar-refractivity contribution in [2.24, 2.45) is 5.92 Å². The molecule has 1 aromatic carbocycles. The van der Waals surface area contributed by atoms with Gasteiger partial charge in [-0.05, 0) is 24.0 Å². The fraction of sp³-hybridized carbons (Fsp3) is 0.462. The lowest BCUT2D eigenvalue weighted by Gasteiger charge is -2.15. The number of hydrogen-bond acceptors (Lipinski definition) is 2. The smallest absolute Gasteiger partial charge is 0.310 e. The molecule has 0 fully saturated rings. The van der Waals surface area contributed by atoms with Crippen LogP contribution >= 0.6 is 0 Å². The lowest BCUT2D eigenvalue weighted by molar-refractivity contribution is -0.138. The van der Waals surface area contributed by atoms with Gasteiger partial charge in [0, 0.05) is 0 Å². The van der Waals surface area contributed by atoms with Crippen LogP contribution in [0.5, 0.6) is 0 Å².